The summed E-state index contributed by atoms with van der Waals surface area (Å²) in [6, 6.07) is 6.77. The van der Waals surface area contributed by atoms with Crippen LogP contribution in [0.2, 0.25) is 0 Å². The lowest BCUT2D eigenvalue weighted by Crippen LogP contribution is -2.37. The molecule has 0 aromatic heterocycles. The molecule has 2 heterocycles. The van der Waals surface area contributed by atoms with Crippen molar-refractivity contribution in [2.75, 3.05) is 25.0 Å². The first-order valence-electron chi connectivity index (χ1n) is 7.31. The molecule has 3 rings (SSSR count). The van der Waals surface area contributed by atoms with Gasteiger partial charge in [-0.05, 0) is 42.3 Å². The van der Waals surface area contributed by atoms with Crippen LogP contribution in [0.1, 0.15) is 31.4 Å². The maximum atomic E-state index is 3.55. The first-order valence-corrected chi connectivity index (χ1v) is 7.31. The van der Waals surface area contributed by atoms with Gasteiger partial charge in [-0.3, -0.25) is 4.90 Å². The summed E-state index contributed by atoms with van der Waals surface area (Å²) in [7, 11) is 0. The van der Waals surface area contributed by atoms with Crippen LogP contribution in [0.4, 0.5) is 5.69 Å². The molecule has 1 aromatic rings. The van der Waals surface area contributed by atoms with Gasteiger partial charge in [0.2, 0.25) is 0 Å². The number of fused-ring (bicyclic) bond motifs is 1. The highest BCUT2D eigenvalue weighted by Gasteiger charge is 2.23. The molecule has 2 aliphatic rings. The van der Waals surface area contributed by atoms with Gasteiger partial charge in [-0.2, -0.15) is 0 Å². The normalized spacial score (nSPS) is 27.9. The average molecular weight is 244 g/mol. The van der Waals surface area contributed by atoms with Crippen LogP contribution < -0.4 is 5.32 Å². The second kappa shape index (κ2) is 4.93. The van der Waals surface area contributed by atoms with E-state index in [2.05, 4.69) is 42.3 Å². The van der Waals surface area contributed by atoms with Crippen molar-refractivity contribution >= 4 is 5.69 Å². The van der Waals surface area contributed by atoms with Gasteiger partial charge in [0, 0.05) is 25.3 Å². The number of rotatable bonds is 2. The average Bonchev–Trinajstić information content (AvgIpc) is 2.83. The van der Waals surface area contributed by atoms with Gasteiger partial charge in [-0.25, -0.2) is 0 Å². The summed E-state index contributed by atoms with van der Waals surface area (Å²) in [6.45, 7) is 9.53. The van der Waals surface area contributed by atoms with Gasteiger partial charge in [0.1, 0.15) is 0 Å². The highest BCUT2D eigenvalue weighted by molar-refractivity contribution is 5.61. The molecule has 2 aliphatic heterocycles. The van der Waals surface area contributed by atoms with Crippen LogP contribution in [0.3, 0.4) is 0 Å². The van der Waals surface area contributed by atoms with Crippen LogP contribution >= 0.6 is 0 Å². The van der Waals surface area contributed by atoms with E-state index in [4.69, 9.17) is 0 Å². The zero-order valence-electron chi connectivity index (χ0n) is 11.6. The van der Waals surface area contributed by atoms with E-state index in [1.165, 1.54) is 42.7 Å². The van der Waals surface area contributed by atoms with E-state index in [0.717, 1.165) is 24.9 Å². The van der Waals surface area contributed by atoms with Crippen LogP contribution in [-0.2, 0) is 13.0 Å². The predicted octanol–water partition coefficient (Wildman–Crippen LogP) is 3.13. The fourth-order valence-electron chi connectivity index (χ4n) is 3.28. The van der Waals surface area contributed by atoms with Crippen molar-refractivity contribution in [3.63, 3.8) is 0 Å². The summed E-state index contributed by atoms with van der Waals surface area (Å²) in [5.41, 5.74) is 4.42. The van der Waals surface area contributed by atoms with E-state index in [1.54, 1.807) is 0 Å². The van der Waals surface area contributed by atoms with Crippen LogP contribution in [-0.4, -0.2) is 24.5 Å². The first-order chi connectivity index (χ1) is 8.74. The fraction of sp³-hybridized carbons (Fsp3) is 0.625. The molecule has 18 heavy (non-hydrogen) atoms. The largest absolute Gasteiger partial charge is 0.384 e. The number of hydrogen-bond donors (Lipinski definition) is 1. The molecule has 0 aliphatic carbocycles. The van der Waals surface area contributed by atoms with Crippen molar-refractivity contribution in [2.24, 2.45) is 11.8 Å². The highest BCUT2D eigenvalue weighted by Crippen LogP contribution is 2.29. The first kappa shape index (κ1) is 12.0. The molecule has 1 saturated heterocycles. The molecule has 0 amide bonds. The van der Waals surface area contributed by atoms with Crippen LogP contribution in [0.25, 0.3) is 0 Å². The molecular formula is C16H24N2. The summed E-state index contributed by atoms with van der Waals surface area (Å²) in [5, 5.41) is 3.55. The van der Waals surface area contributed by atoms with Gasteiger partial charge in [0.05, 0.1) is 0 Å². The number of nitrogens with zero attached hydrogens (tertiary/aromatic N) is 1. The van der Waals surface area contributed by atoms with Crippen LogP contribution in [0.5, 0.6) is 0 Å². The van der Waals surface area contributed by atoms with Crippen molar-refractivity contribution in [2.45, 2.75) is 33.2 Å². The van der Waals surface area contributed by atoms with Gasteiger partial charge in [0.25, 0.3) is 0 Å². The predicted molar refractivity (Wildman–Crippen MR) is 76.9 cm³/mol. The van der Waals surface area contributed by atoms with Crippen molar-refractivity contribution in [3.05, 3.63) is 29.3 Å². The van der Waals surface area contributed by atoms with Gasteiger partial charge >= 0.3 is 0 Å². The summed E-state index contributed by atoms with van der Waals surface area (Å²) in [5.74, 6) is 1.73. The molecule has 0 spiro atoms. The zero-order valence-corrected chi connectivity index (χ0v) is 11.6. The SMILES string of the molecule is CC1CCN(Cc2cccc3c2NCC3)CC1C. The number of nitrogens with one attached hydrogen (secondary N) is 1. The minimum Gasteiger partial charge on any atom is -0.384 e. The van der Waals surface area contributed by atoms with Crippen molar-refractivity contribution in [1.29, 1.82) is 0 Å². The Balaban J connectivity index is 1.72. The zero-order chi connectivity index (χ0) is 12.5. The van der Waals surface area contributed by atoms with E-state index in [-0.39, 0.29) is 0 Å². The molecule has 2 nitrogen and oxygen atoms in total. The van der Waals surface area contributed by atoms with E-state index in [9.17, 15) is 0 Å². The lowest BCUT2D eigenvalue weighted by Gasteiger charge is -2.35. The van der Waals surface area contributed by atoms with Crippen LogP contribution in [0.15, 0.2) is 18.2 Å². The number of likely N-dealkylation sites (tertiary alicyclic amines) is 1. The second-order valence-corrected chi connectivity index (χ2v) is 6.11. The molecule has 1 aromatic carbocycles. The van der Waals surface area contributed by atoms with Gasteiger partial charge in [-0.15, -0.1) is 0 Å². The Morgan fingerprint density at radius 3 is 3.00 bits per heavy atom. The number of para-hydroxylation sites is 1. The fourth-order valence-corrected chi connectivity index (χ4v) is 3.28. The lowest BCUT2D eigenvalue weighted by molar-refractivity contribution is 0.132. The second-order valence-electron chi connectivity index (χ2n) is 6.11. The van der Waals surface area contributed by atoms with E-state index in [0.29, 0.717) is 0 Å². The molecular weight excluding hydrogens is 220 g/mol. The Bertz CT molecular complexity index is 427. The van der Waals surface area contributed by atoms with E-state index >= 15 is 0 Å². The Morgan fingerprint density at radius 2 is 2.17 bits per heavy atom. The number of anilines is 1. The molecule has 2 atom stereocenters. The summed E-state index contributed by atoms with van der Waals surface area (Å²) in [4.78, 5) is 2.63. The minimum atomic E-state index is 0.837. The Kier molecular flexibility index (Phi) is 3.29. The number of piperidine rings is 1. The summed E-state index contributed by atoms with van der Waals surface area (Å²) in [6.07, 6.45) is 2.54. The third-order valence-corrected chi connectivity index (χ3v) is 4.75. The Labute approximate surface area is 110 Å². The summed E-state index contributed by atoms with van der Waals surface area (Å²) < 4.78 is 0. The topological polar surface area (TPSA) is 15.3 Å². The van der Waals surface area contributed by atoms with Crippen molar-refractivity contribution < 1.29 is 0 Å². The molecule has 1 N–H and O–H groups in total. The maximum Gasteiger partial charge on any atom is 0.0419 e. The minimum absolute atomic E-state index is 0.837. The third kappa shape index (κ3) is 2.26. The molecule has 0 saturated carbocycles. The number of benzene rings is 1. The van der Waals surface area contributed by atoms with Gasteiger partial charge in [-0.1, -0.05) is 32.0 Å². The molecule has 0 radical (unpaired) electrons. The van der Waals surface area contributed by atoms with Gasteiger partial charge < -0.3 is 5.32 Å². The van der Waals surface area contributed by atoms with Crippen LogP contribution in [0, 0.1) is 11.8 Å². The van der Waals surface area contributed by atoms with Crippen molar-refractivity contribution in [1.82, 2.24) is 4.90 Å². The molecule has 0 bridgehead atoms. The molecule has 1 fully saturated rings. The van der Waals surface area contributed by atoms with E-state index in [1.807, 2.05) is 0 Å². The highest BCUT2D eigenvalue weighted by atomic mass is 15.1. The Hall–Kier alpha value is -1.02. The number of hydrogen-bond acceptors (Lipinski definition) is 2. The van der Waals surface area contributed by atoms with Gasteiger partial charge in [0.15, 0.2) is 0 Å². The smallest absolute Gasteiger partial charge is 0.0419 e. The lowest BCUT2D eigenvalue weighted by atomic mass is 9.88. The molecule has 2 unspecified atom stereocenters. The Morgan fingerprint density at radius 1 is 1.28 bits per heavy atom. The standard InChI is InChI=1S/C16H24N2/c1-12-7-9-18(10-13(12)2)11-15-5-3-4-14-6-8-17-16(14)15/h3-5,12-13,17H,6-11H2,1-2H3. The maximum absolute atomic E-state index is 3.55. The van der Waals surface area contributed by atoms with Crippen molar-refractivity contribution in [3.8, 4) is 0 Å². The molecule has 2 heteroatoms. The quantitative estimate of drug-likeness (QED) is 0.860. The third-order valence-electron chi connectivity index (χ3n) is 4.75. The monoisotopic (exact) mass is 244 g/mol. The van der Waals surface area contributed by atoms with E-state index < -0.39 is 0 Å². The summed E-state index contributed by atoms with van der Waals surface area (Å²) >= 11 is 0. The molecule has 98 valence electrons.